The average molecular weight is 191 g/mol. The highest BCUT2D eigenvalue weighted by Crippen LogP contribution is 2.31. The number of halogens is 3. The fourth-order valence-corrected chi connectivity index (χ4v) is 0.907. The number of nitrogens with two attached hydrogens (primary N) is 1. The number of benzene rings is 1. The van der Waals surface area contributed by atoms with E-state index in [0.29, 0.717) is 0 Å². The van der Waals surface area contributed by atoms with E-state index in [9.17, 15) is 13.2 Å². The minimum atomic E-state index is -4.48. The minimum Gasteiger partial charge on any atom is -0.508 e. The third-order valence-corrected chi connectivity index (χ3v) is 1.58. The molecular formula is C8H8F3NO. The van der Waals surface area contributed by atoms with Crippen molar-refractivity contribution in [3.8, 4) is 5.75 Å². The highest BCUT2D eigenvalue weighted by molar-refractivity contribution is 5.29. The second-order valence-electron chi connectivity index (χ2n) is 2.61. The SMILES string of the molecule is N[C@@H](c1cccc(O)c1)C(F)(F)F. The van der Waals surface area contributed by atoms with Gasteiger partial charge in [0.1, 0.15) is 11.8 Å². The summed E-state index contributed by atoms with van der Waals surface area (Å²) in [7, 11) is 0. The van der Waals surface area contributed by atoms with Crippen LogP contribution < -0.4 is 5.73 Å². The summed E-state index contributed by atoms with van der Waals surface area (Å²) >= 11 is 0. The molecule has 0 aromatic heterocycles. The van der Waals surface area contributed by atoms with Gasteiger partial charge in [0, 0.05) is 0 Å². The van der Waals surface area contributed by atoms with Crippen LogP contribution in [0.4, 0.5) is 13.2 Å². The maximum absolute atomic E-state index is 12.1. The topological polar surface area (TPSA) is 46.2 Å². The number of phenols is 1. The molecule has 0 saturated carbocycles. The Morgan fingerprint density at radius 1 is 1.31 bits per heavy atom. The van der Waals surface area contributed by atoms with Crippen LogP contribution in [0.5, 0.6) is 5.75 Å². The van der Waals surface area contributed by atoms with Crippen LogP contribution >= 0.6 is 0 Å². The normalized spacial score (nSPS) is 14.2. The van der Waals surface area contributed by atoms with Crippen molar-refractivity contribution in [2.75, 3.05) is 0 Å². The summed E-state index contributed by atoms with van der Waals surface area (Å²) in [5, 5.41) is 8.90. The number of alkyl halides is 3. The van der Waals surface area contributed by atoms with E-state index in [1.54, 1.807) is 0 Å². The smallest absolute Gasteiger partial charge is 0.407 e. The molecule has 1 rings (SSSR count). The van der Waals surface area contributed by atoms with E-state index in [1.807, 2.05) is 0 Å². The van der Waals surface area contributed by atoms with Crippen molar-refractivity contribution in [2.45, 2.75) is 12.2 Å². The molecule has 72 valence electrons. The molecule has 3 N–H and O–H groups in total. The van der Waals surface area contributed by atoms with Crippen LogP contribution in [0.2, 0.25) is 0 Å². The minimum absolute atomic E-state index is 0.146. The third-order valence-electron chi connectivity index (χ3n) is 1.58. The monoisotopic (exact) mass is 191 g/mol. The maximum Gasteiger partial charge on any atom is 0.407 e. The quantitative estimate of drug-likeness (QED) is 0.712. The zero-order chi connectivity index (χ0) is 10.1. The van der Waals surface area contributed by atoms with E-state index in [-0.39, 0.29) is 11.3 Å². The Kier molecular flexibility index (Phi) is 2.47. The highest BCUT2D eigenvalue weighted by atomic mass is 19.4. The molecule has 1 aromatic carbocycles. The van der Waals surface area contributed by atoms with Crippen LogP contribution in [-0.4, -0.2) is 11.3 Å². The van der Waals surface area contributed by atoms with E-state index in [0.717, 1.165) is 6.07 Å². The third kappa shape index (κ3) is 2.35. The Morgan fingerprint density at radius 3 is 2.38 bits per heavy atom. The molecule has 0 amide bonds. The van der Waals surface area contributed by atoms with Gasteiger partial charge in [-0.1, -0.05) is 12.1 Å². The lowest BCUT2D eigenvalue weighted by Gasteiger charge is -2.15. The Hall–Kier alpha value is -1.23. The second kappa shape index (κ2) is 3.26. The Balaban J connectivity index is 2.96. The van der Waals surface area contributed by atoms with Gasteiger partial charge in [-0.15, -0.1) is 0 Å². The van der Waals surface area contributed by atoms with Crippen LogP contribution in [0.1, 0.15) is 11.6 Å². The molecule has 0 aliphatic heterocycles. The van der Waals surface area contributed by atoms with E-state index in [1.165, 1.54) is 18.2 Å². The summed E-state index contributed by atoms with van der Waals surface area (Å²) in [6.07, 6.45) is -4.48. The molecule has 5 heteroatoms. The lowest BCUT2D eigenvalue weighted by Crippen LogP contribution is -2.28. The molecule has 0 radical (unpaired) electrons. The molecule has 1 aromatic rings. The summed E-state index contributed by atoms with van der Waals surface area (Å²) in [5.41, 5.74) is 4.76. The molecule has 0 spiro atoms. The largest absolute Gasteiger partial charge is 0.508 e. The van der Waals surface area contributed by atoms with E-state index >= 15 is 0 Å². The van der Waals surface area contributed by atoms with Crippen molar-refractivity contribution in [3.05, 3.63) is 29.8 Å². The average Bonchev–Trinajstić information content (AvgIpc) is 2.01. The molecule has 0 bridgehead atoms. The van der Waals surface area contributed by atoms with Crippen LogP contribution in [0, 0.1) is 0 Å². The van der Waals surface area contributed by atoms with Crippen molar-refractivity contribution < 1.29 is 18.3 Å². The lowest BCUT2D eigenvalue weighted by atomic mass is 10.1. The molecule has 0 heterocycles. The molecule has 13 heavy (non-hydrogen) atoms. The standard InChI is InChI=1S/C8H8F3NO/c9-8(10,11)7(12)5-2-1-3-6(13)4-5/h1-4,7,13H,12H2/t7-/m0/s1. The first-order valence-electron chi connectivity index (χ1n) is 3.52. The Morgan fingerprint density at radius 2 is 1.92 bits per heavy atom. The van der Waals surface area contributed by atoms with Gasteiger partial charge in [0.15, 0.2) is 0 Å². The van der Waals surface area contributed by atoms with Gasteiger partial charge in [-0.3, -0.25) is 0 Å². The predicted molar refractivity (Wildman–Crippen MR) is 41.1 cm³/mol. The molecule has 0 unspecified atom stereocenters. The zero-order valence-electron chi connectivity index (χ0n) is 6.55. The molecule has 2 nitrogen and oxygen atoms in total. The van der Waals surface area contributed by atoms with Crippen molar-refractivity contribution >= 4 is 0 Å². The zero-order valence-corrected chi connectivity index (χ0v) is 6.55. The molecule has 0 fully saturated rings. The van der Waals surface area contributed by atoms with Crippen LogP contribution in [-0.2, 0) is 0 Å². The summed E-state index contributed by atoms with van der Waals surface area (Å²) in [5.74, 6) is -0.225. The van der Waals surface area contributed by atoms with Gasteiger partial charge in [-0.05, 0) is 17.7 Å². The number of hydrogen-bond donors (Lipinski definition) is 2. The fraction of sp³-hybridized carbons (Fsp3) is 0.250. The second-order valence-corrected chi connectivity index (χ2v) is 2.61. The van der Waals surface area contributed by atoms with Gasteiger partial charge >= 0.3 is 6.18 Å². The van der Waals surface area contributed by atoms with E-state index in [2.05, 4.69) is 0 Å². The van der Waals surface area contributed by atoms with Gasteiger partial charge in [-0.2, -0.15) is 13.2 Å². The van der Waals surface area contributed by atoms with Gasteiger partial charge in [0.25, 0.3) is 0 Å². The maximum atomic E-state index is 12.1. The molecule has 0 aliphatic rings. The van der Waals surface area contributed by atoms with Crippen molar-refractivity contribution in [1.82, 2.24) is 0 Å². The lowest BCUT2D eigenvalue weighted by molar-refractivity contribution is -0.149. The summed E-state index contributed by atoms with van der Waals surface area (Å²) in [6.45, 7) is 0. The first-order valence-corrected chi connectivity index (χ1v) is 3.52. The highest BCUT2D eigenvalue weighted by Gasteiger charge is 2.37. The van der Waals surface area contributed by atoms with Gasteiger partial charge in [0.2, 0.25) is 0 Å². The van der Waals surface area contributed by atoms with Crippen molar-refractivity contribution in [1.29, 1.82) is 0 Å². The first kappa shape index (κ1) is 9.85. The van der Waals surface area contributed by atoms with Crippen molar-refractivity contribution in [2.24, 2.45) is 5.73 Å². The Labute approximate surface area is 72.8 Å². The van der Waals surface area contributed by atoms with Crippen LogP contribution in [0.3, 0.4) is 0 Å². The molecule has 1 atom stereocenters. The van der Waals surface area contributed by atoms with E-state index in [4.69, 9.17) is 10.8 Å². The summed E-state index contributed by atoms with van der Waals surface area (Å²) in [4.78, 5) is 0. The van der Waals surface area contributed by atoms with Gasteiger partial charge in [-0.25, -0.2) is 0 Å². The van der Waals surface area contributed by atoms with Crippen molar-refractivity contribution in [3.63, 3.8) is 0 Å². The summed E-state index contributed by atoms with van der Waals surface area (Å²) in [6, 6.07) is 2.78. The predicted octanol–water partition coefficient (Wildman–Crippen LogP) is 1.95. The molecule has 0 saturated heterocycles. The number of aromatic hydroxyl groups is 1. The van der Waals surface area contributed by atoms with Crippen LogP contribution in [0.15, 0.2) is 24.3 Å². The molecule has 0 aliphatic carbocycles. The Bertz CT molecular complexity index is 298. The number of phenolic OH excluding ortho intramolecular Hbond substituents is 1. The first-order chi connectivity index (χ1) is 5.91. The number of hydrogen-bond acceptors (Lipinski definition) is 2. The van der Waals surface area contributed by atoms with Gasteiger partial charge in [0.05, 0.1) is 0 Å². The summed E-state index contributed by atoms with van der Waals surface area (Å²) < 4.78 is 36.2. The number of rotatable bonds is 1. The van der Waals surface area contributed by atoms with E-state index < -0.39 is 12.2 Å². The van der Waals surface area contributed by atoms with Crippen LogP contribution in [0.25, 0.3) is 0 Å². The fourth-order valence-electron chi connectivity index (χ4n) is 0.907. The molecular weight excluding hydrogens is 183 g/mol. The van der Waals surface area contributed by atoms with Gasteiger partial charge < -0.3 is 10.8 Å².